The van der Waals surface area contributed by atoms with E-state index in [0.29, 0.717) is 18.8 Å². The Labute approximate surface area is 121 Å². The van der Waals surface area contributed by atoms with Crippen LogP contribution in [0.25, 0.3) is 10.9 Å². The van der Waals surface area contributed by atoms with Crippen molar-refractivity contribution in [1.82, 2.24) is 10.3 Å². The Morgan fingerprint density at radius 2 is 2.00 bits per heavy atom. The molecule has 21 heavy (non-hydrogen) atoms. The van der Waals surface area contributed by atoms with Crippen molar-refractivity contribution in [3.05, 3.63) is 36.0 Å². The standard InChI is InChI=1S/C15H17F3N2O/c1-21-13-5-2-4-11-6-7-12(20-14(11)13)10-19-9-3-8-15(16,17)18/h2,4-7,19H,3,8-10H2,1H3. The molecular weight excluding hydrogens is 281 g/mol. The number of rotatable bonds is 6. The third-order valence-corrected chi connectivity index (χ3v) is 3.08. The third-order valence-electron chi connectivity index (χ3n) is 3.08. The van der Waals surface area contributed by atoms with Gasteiger partial charge in [-0.25, -0.2) is 4.98 Å². The summed E-state index contributed by atoms with van der Waals surface area (Å²) in [6.07, 6.45) is -4.78. The highest BCUT2D eigenvalue weighted by molar-refractivity contribution is 5.84. The number of ether oxygens (including phenoxy) is 1. The van der Waals surface area contributed by atoms with Gasteiger partial charge in [-0.3, -0.25) is 0 Å². The van der Waals surface area contributed by atoms with Crippen LogP contribution in [0.5, 0.6) is 5.75 Å². The van der Waals surface area contributed by atoms with Crippen molar-refractivity contribution in [2.24, 2.45) is 0 Å². The summed E-state index contributed by atoms with van der Waals surface area (Å²) < 4.78 is 41.3. The Morgan fingerprint density at radius 1 is 1.19 bits per heavy atom. The number of hydrogen-bond acceptors (Lipinski definition) is 3. The molecule has 6 heteroatoms. The van der Waals surface area contributed by atoms with Crippen LogP contribution >= 0.6 is 0 Å². The van der Waals surface area contributed by atoms with Crippen molar-refractivity contribution in [2.75, 3.05) is 13.7 Å². The average molecular weight is 298 g/mol. The first-order valence-electron chi connectivity index (χ1n) is 6.70. The maximum absolute atomic E-state index is 12.0. The number of pyridine rings is 1. The van der Waals surface area contributed by atoms with E-state index in [-0.39, 0.29) is 6.42 Å². The Morgan fingerprint density at radius 3 is 2.71 bits per heavy atom. The van der Waals surface area contributed by atoms with E-state index < -0.39 is 12.6 Å². The van der Waals surface area contributed by atoms with Crippen LogP contribution in [0.15, 0.2) is 30.3 Å². The highest BCUT2D eigenvalue weighted by atomic mass is 19.4. The predicted octanol–water partition coefficient (Wildman–Crippen LogP) is 3.68. The molecular formula is C15H17F3N2O. The summed E-state index contributed by atoms with van der Waals surface area (Å²) in [6.45, 7) is 0.747. The number of para-hydroxylation sites is 1. The van der Waals surface area contributed by atoms with Crippen molar-refractivity contribution < 1.29 is 17.9 Å². The second-order valence-electron chi connectivity index (χ2n) is 4.73. The number of benzene rings is 1. The molecule has 0 radical (unpaired) electrons. The first-order valence-corrected chi connectivity index (χ1v) is 6.70. The molecule has 1 aromatic carbocycles. The van der Waals surface area contributed by atoms with Crippen molar-refractivity contribution in [3.8, 4) is 5.75 Å². The first-order chi connectivity index (χ1) is 9.99. The average Bonchev–Trinajstić information content (AvgIpc) is 2.45. The summed E-state index contributed by atoms with van der Waals surface area (Å²) in [4.78, 5) is 4.48. The molecule has 0 bridgehead atoms. The second-order valence-corrected chi connectivity index (χ2v) is 4.73. The molecule has 2 aromatic rings. The lowest BCUT2D eigenvalue weighted by molar-refractivity contribution is -0.135. The van der Waals surface area contributed by atoms with Crippen molar-refractivity contribution in [1.29, 1.82) is 0 Å². The van der Waals surface area contributed by atoms with Crippen LogP contribution in [-0.2, 0) is 6.54 Å². The van der Waals surface area contributed by atoms with Crippen LogP contribution < -0.4 is 10.1 Å². The minimum absolute atomic E-state index is 0.0698. The SMILES string of the molecule is COc1cccc2ccc(CNCCCC(F)(F)F)nc12. The van der Waals surface area contributed by atoms with Gasteiger partial charge in [0.1, 0.15) is 11.3 Å². The van der Waals surface area contributed by atoms with Crippen LogP contribution in [0.1, 0.15) is 18.5 Å². The smallest absolute Gasteiger partial charge is 0.389 e. The van der Waals surface area contributed by atoms with E-state index in [0.717, 1.165) is 16.6 Å². The van der Waals surface area contributed by atoms with E-state index in [1.54, 1.807) is 7.11 Å². The summed E-state index contributed by atoms with van der Waals surface area (Å²) in [7, 11) is 1.58. The van der Waals surface area contributed by atoms with Crippen LogP contribution in [-0.4, -0.2) is 24.8 Å². The second kappa shape index (κ2) is 6.76. The minimum Gasteiger partial charge on any atom is -0.494 e. The first kappa shape index (κ1) is 15.6. The molecule has 1 aromatic heterocycles. The maximum atomic E-state index is 12.0. The summed E-state index contributed by atoms with van der Waals surface area (Å²) in [6, 6.07) is 9.44. The van der Waals surface area contributed by atoms with E-state index in [9.17, 15) is 13.2 Å². The zero-order valence-corrected chi connectivity index (χ0v) is 11.7. The van der Waals surface area contributed by atoms with E-state index in [1.165, 1.54) is 0 Å². The molecule has 0 aliphatic carbocycles. The maximum Gasteiger partial charge on any atom is 0.389 e. The number of halogens is 3. The van der Waals surface area contributed by atoms with Crippen molar-refractivity contribution >= 4 is 10.9 Å². The molecule has 3 nitrogen and oxygen atoms in total. The van der Waals surface area contributed by atoms with Crippen LogP contribution in [0, 0.1) is 0 Å². The molecule has 0 aliphatic heterocycles. The fourth-order valence-corrected chi connectivity index (χ4v) is 2.05. The molecule has 0 amide bonds. The fourth-order valence-electron chi connectivity index (χ4n) is 2.05. The number of alkyl halides is 3. The van der Waals surface area contributed by atoms with Gasteiger partial charge in [0.25, 0.3) is 0 Å². The predicted molar refractivity (Wildman–Crippen MR) is 75.3 cm³/mol. The molecule has 0 saturated carbocycles. The molecule has 2 rings (SSSR count). The number of methoxy groups -OCH3 is 1. The van der Waals surface area contributed by atoms with Gasteiger partial charge in [-0.15, -0.1) is 0 Å². The van der Waals surface area contributed by atoms with Gasteiger partial charge in [-0.1, -0.05) is 18.2 Å². The molecule has 0 fully saturated rings. The summed E-state index contributed by atoms with van der Waals surface area (Å²) >= 11 is 0. The van der Waals surface area contributed by atoms with Gasteiger partial charge < -0.3 is 10.1 Å². The highest BCUT2D eigenvalue weighted by Gasteiger charge is 2.25. The minimum atomic E-state index is -4.09. The van der Waals surface area contributed by atoms with Gasteiger partial charge in [0.05, 0.1) is 12.8 Å². The molecule has 114 valence electrons. The lowest BCUT2D eigenvalue weighted by Crippen LogP contribution is -2.18. The normalized spacial score (nSPS) is 11.8. The molecule has 0 aliphatic rings. The van der Waals surface area contributed by atoms with Crippen LogP contribution in [0.3, 0.4) is 0 Å². The quantitative estimate of drug-likeness (QED) is 0.826. The number of nitrogens with one attached hydrogen (secondary N) is 1. The molecule has 0 spiro atoms. The molecule has 0 saturated heterocycles. The van der Waals surface area contributed by atoms with Gasteiger partial charge in [0, 0.05) is 18.4 Å². The topological polar surface area (TPSA) is 34.1 Å². The third kappa shape index (κ3) is 4.60. The summed E-state index contributed by atoms with van der Waals surface area (Å²) in [5, 5.41) is 3.94. The fraction of sp³-hybridized carbons (Fsp3) is 0.400. The van der Waals surface area contributed by atoms with Gasteiger partial charge in [0.15, 0.2) is 0 Å². The van der Waals surface area contributed by atoms with E-state index in [2.05, 4.69) is 10.3 Å². The Balaban J connectivity index is 1.94. The molecule has 1 N–H and O–H groups in total. The van der Waals surface area contributed by atoms with Crippen LogP contribution in [0.2, 0.25) is 0 Å². The van der Waals surface area contributed by atoms with Gasteiger partial charge >= 0.3 is 6.18 Å². The van der Waals surface area contributed by atoms with Crippen molar-refractivity contribution in [2.45, 2.75) is 25.6 Å². The Kier molecular flexibility index (Phi) is 5.01. The van der Waals surface area contributed by atoms with Crippen molar-refractivity contribution in [3.63, 3.8) is 0 Å². The van der Waals surface area contributed by atoms with E-state index >= 15 is 0 Å². The molecule has 0 atom stereocenters. The van der Waals surface area contributed by atoms with E-state index in [1.807, 2.05) is 30.3 Å². The van der Waals surface area contributed by atoms with E-state index in [4.69, 9.17) is 4.74 Å². The molecule has 0 unspecified atom stereocenters. The number of nitrogens with zero attached hydrogens (tertiary/aromatic N) is 1. The van der Waals surface area contributed by atoms with Gasteiger partial charge in [-0.05, 0) is 25.1 Å². The molecule has 1 heterocycles. The number of hydrogen-bond donors (Lipinski definition) is 1. The Bertz CT molecular complexity index is 599. The largest absolute Gasteiger partial charge is 0.494 e. The summed E-state index contributed by atoms with van der Waals surface area (Å²) in [5.41, 5.74) is 1.54. The van der Waals surface area contributed by atoms with Crippen LogP contribution in [0.4, 0.5) is 13.2 Å². The van der Waals surface area contributed by atoms with Gasteiger partial charge in [0.2, 0.25) is 0 Å². The monoisotopic (exact) mass is 298 g/mol. The number of aromatic nitrogens is 1. The lowest BCUT2D eigenvalue weighted by Gasteiger charge is -2.09. The Hall–Kier alpha value is -1.82. The van der Waals surface area contributed by atoms with Gasteiger partial charge in [-0.2, -0.15) is 13.2 Å². The zero-order valence-electron chi connectivity index (χ0n) is 11.7. The highest BCUT2D eigenvalue weighted by Crippen LogP contribution is 2.23. The zero-order chi connectivity index (χ0) is 15.3. The number of fused-ring (bicyclic) bond motifs is 1. The lowest BCUT2D eigenvalue weighted by atomic mass is 10.2. The summed E-state index contributed by atoms with van der Waals surface area (Å²) in [5.74, 6) is 0.687.